The first kappa shape index (κ1) is 14.8. The lowest BCUT2D eigenvalue weighted by atomic mass is 10.1. The van der Waals surface area contributed by atoms with Gasteiger partial charge in [0.25, 0.3) is 0 Å². The van der Waals surface area contributed by atoms with E-state index in [0.717, 1.165) is 12.3 Å². The smallest absolute Gasteiger partial charge is 0.384 e. The zero-order chi connectivity index (χ0) is 14.0. The molecule has 0 fully saturated rings. The topological polar surface area (TPSA) is 46.2 Å². The summed E-state index contributed by atoms with van der Waals surface area (Å²) >= 11 is 0. The number of anilines is 1. The van der Waals surface area contributed by atoms with Gasteiger partial charge in [0.2, 0.25) is 0 Å². The highest BCUT2D eigenvalue weighted by Crippen LogP contribution is 2.33. The molecule has 1 N–H and O–H groups in total. The van der Waals surface area contributed by atoms with Gasteiger partial charge in [-0.05, 0) is 24.6 Å². The lowest BCUT2D eigenvalue weighted by Crippen LogP contribution is -2.15. The second-order valence-electron chi connectivity index (χ2n) is 4.08. The molecular weight excluding hydrogens is 267 g/mol. The molecule has 1 aromatic rings. The van der Waals surface area contributed by atoms with E-state index in [1.807, 2.05) is 0 Å². The molecule has 1 rings (SSSR count). The van der Waals surface area contributed by atoms with Gasteiger partial charge in [-0.2, -0.15) is 13.2 Å². The first-order valence-electron chi connectivity index (χ1n) is 5.19. The molecule has 7 heteroatoms. The van der Waals surface area contributed by atoms with Crippen LogP contribution in [-0.4, -0.2) is 27.0 Å². The standard InChI is InChI=1S/C11H14F3NO2S/c1-8-3-4-9(7-10(8)11(12,13)14)15-5-6-18(2,16)17/h3-4,7,15H,5-6H2,1-2H3. The first-order valence-corrected chi connectivity index (χ1v) is 7.25. The average Bonchev–Trinajstić information content (AvgIpc) is 2.17. The predicted octanol–water partition coefficient (Wildman–Crippen LogP) is 2.47. The zero-order valence-electron chi connectivity index (χ0n) is 10.0. The number of rotatable bonds is 4. The summed E-state index contributed by atoms with van der Waals surface area (Å²) in [4.78, 5) is 0. The maximum Gasteiger partial charge on any atom is 0.416 e. The maximum absolute atomic E-state index is 12.6. The second-order valence-corrected chi connectivity index (χ2v) is 6.34. The van der Waals surface area contributed by atoms with Gasteiger partial charge in [-0.3, -0.25) is 0 Å². The van der Waals surface area contributed by atoms with Crippen LogP contribution in [0.1, 0.15) is 11.1 Å². The molecule has 0 saturated carbocycles. The van der Waals surface area contributed by atoms with Crippen LogP contribution in [0, 0.1) is 6.92 Å². The highest BCUT2D eigenvalue weighted by atomic mass is 32.2. The largest absolute Gasteiger partial charge is 0.416 e. The fraction of sp³-hybridized carbons (Fsp3) is 0.455. The van der Waals surface area contributed by atoms with Crippen LogP contribution in [0.5, 0.6) is 0 Å². The third-order valence-electron chi connectivity index (χ3n) is 2.34. The lowest BCUT2D eigenvalue weighted by molar-refractivity contribution is -0.138. The summed E-state index contributed by atoms with van der Waals surface area (Å²) in [6.45, 7) is 1.46. The molecule has 0 heterocycles. The fourth-order valence-electron chi connectivity index (χ4n) is 1.42. The minimum Gasteiger partial charge on any atom is -0.384 e. The van der Waals surface area contributed by atoms with Crippen LogP contribution in [0.3, 0.4) is 0 Å². The Hall–Kier alpha value is -1.24. The van der Waals surface area contributed by atoms with Crippen LogP contribution in [0.15, 0.2) is 18.2 Å². The summed E-state index contributed by atoms with van der Waals surface area (Å²) in [5, 5.41) is 2.66. The summed E-state index contributed by atoms with van der Waals surface area (Å²) in [6.07, 6.45) is -3.33. The molecule has 18 heavy (non-hydrogen) atoms. The Morgan fingerprint density at radius 2 is 1.89 bits per heavy atom. The van der Waals surface area contributed by atoms with E-state index in [2.05, 4.69) is 5.32 Å². The maximum atomic E-state index is 12.6. The average molecular weight is 281 g/mol. The summed E-state index contributed by atoms with van der Waals surface area (Å²) in [5.74, 6) is -0.123. The molecule has 1 aromatic carbocycles. The van der Waals surface area contributed by atoms with Gasteiger partial charge in [0.1, 0.15) is 9.84 Å². The van der Waals surface area contributed by atoms with Crippen molar-refractivity contribution in [3.05, 3.63) is 29.3 Å². The van der Waals surface area contributed by atoms with E-state index < -0.39 is 21.6 Å². The molecular formula is C11H14F3NO2S. The minimum atomic E-state index is -4.40. The van der Waals surface area contributed by atoms with E-state index in [-0.39, 0.29) is 23.5 Å². The monoisotopic (exact) mass is 281 g/mol. The summed E-state index contributed by atoms with van der Waals surface area (Å²) in [6, 6.07) is 3.83. The summed E-state index contributed by atoms with van der Waals surface area (Å²) in [7, 11) is -3.13. The molecule has 0 aliphatic rings. The predicted molar refractivity (Wildman–Crippen MR) is 64.4 cm³/mol. The van der Waals surface area contributed by atoms with Crippen LogP contribution < -0.4 is 5.32 Å². The molecule has 0 aliphatic heterocycles. The van der Waals surface area contributed by atoms with Crippen LogP contribution in [0.25, 0.3) is 0 Å². The van der Waals surface area contributed by atoms with E-state index in [0.29, 0.717) is 0 Å². The van der Waals surface area contributed by atoms with Crippen molar-refractivity contribution in [3.8, 4) is 0 Å². The number of sulfone groups is 1. The minimum absolute atomic E-state index is 0.0825. The molecule has 0 aliphatic carbocycles. The van der Waals surface area contributed by atoms with Gasteiger partial charge >= 0.3 is 6.18 Å². The Kier molecular flexibility index (Phi) is 4.26. The Bertz CT molecular complexity index is 524. The van der Waals surface area contributed by atoms with Crippen LogP contribution in [0.4, 0.5) is 18.9 Å². The van der Waals surface area contributed by atoms with Crippen molar-refractivity contribution in [3.63, 3.8) is 0 Å². The van der Waals surface area contributed by atoms with Crippen molar-refractivity contribution in [1.29, 1.82) is 0 Å². The lowest BCUT2D eigenvalue weighted by Gasteiger charge is -2.13. The molecule has 0 amide bonds. The molecule has 0 bridgehead atoms. The van der Waals surface area contributed by atoms with Crippen LogP contribution in [-0.2, 0) is 16.0 Å². The quantitative estimate of drug-likeness (QED) is 0.922. The molecule has 0 radical (unpaired) electrons. The Morgan fingerprint density at radius 1 is 1.28 bits per heavy atom. The fourth-order valence-corrected chi connectivity index (χ4v) is 1.89. The number of alkyl halides is 3. The van der Waals surface area contributed by atoms with Crippen molar-refractivity contribution in [2.24, 2.45) is 0 Å². The Morgan fingerprint density at radius 3 is 2.39 bits per heavy atom. The van der Waals surface area contributed by atoms with E-state index in [1.54, 1.807) is 0 Å². The highest BCUT2D eigenvalue weighted by molar-refractivity contribution is 7.90. The van der Waals surface area contributed by atoms with Crippen LogP contribution >= 0.6 is 0 Å². The summed E-state index contributed by atoms with van der Waals surface area (Å²) < 4.78 is 59.6. The third-order valence-corrected chi connectivity index (χ3v) is 3.29. The molecule has 0 saturated heterocycles. The van der Waals surface area contributed by atoms with Gasteiger partial charge in [0.15, 0.2) is 0 Å². The van der Waals surface area contributed by atoms with Gasteiger partial charge in [0.05, 0.1) is 11.3 Å². The Balaban J connectivity index is 2.80. The molecule has 0 unspecified atom stereocenters. The number of aryl methyl sites for hydroxylation is 1. The van der Waals surface area contributed by atoms with Crippen molar-refractivity contribution in [1.82, 2.24) is 0 Å². The highest BCUT2D eigenvalue weighted by Gasteiger charge is 2.32. The number of halogens is 3. The molecule has 3 nitrogen and oxygen atoms in total. The van der Waals surface area contributed by atoms with Gasteiger partial charge in [0, 0.05) is 18.5 Å². The van der Waals surface area contributed by atoms with Crippen molar-refractivity contribution >= 4 is 15.5 Å². The number of hydrogen-bond acceptors (Lipinski definition) is 3. The van der Waals surface area contributed by atoms with Crippen LogP contribution in [0.2, 0.25) is 0 Å². The number of hydrogen-bond donors (Lipinski definition) is 1. The zero-order valence-corrected chi connectivity index (χ0v) is 10.8. The van der Waals surface area contributed by atoms with E-state index in [9.17, 15) is 21.6 Å². The third kappa shape index (κ3) is 4.56. The molecule has 0 aromatic heterocycles. The van der Waals surface area contributed by atoms with E-state index >= 15 is 0 Å². The van der Waals surface area contributed by atoms with Crippen molar-refractivity contribution in [2.75, 3.05) is 23.9 Å². The first-order chi connectivity index (χ1) is 8.09. The van der Waals surface area contributed by atoms with Gasteiger partial charge in [-0.1, -0.05) is 6.07 Å². The SMILES string of the molecule is Cc1ccc(NCCS(C)(=O)=O)cc1C(F)(F)F. The van der Waals surface area contributed by atoms with Gasteiger partial charge in [-0.15, -0.1) is 0 Å². The second kappa shape index (κ2) is 5.17. The van der Waals surface area contributed by atoms with Gasteiger partial charge in [-0.25, -0.2) is 8.42 Å². The number of nitrogens with one attached hydrogen (secondary N) is 1. The van der Waals surface area contributed by atoms with Gasteiger partial charge < -0.3 is 5.32 Å². The van der Waals surface area contributed by atoms with E-state index in [1.165, 1.54) is 19.1 Å². The van der Waals surface area contributed by atoms with Crippen molar-refractivity contribution < 1.29 is 21.6 Å². The normalized spacial score (nSPS) is 12.5. The Labute approximate surface area is 104 Å². The van der Waals surface area contributed by atoms with E-state index in [4.69, 9.17) is 0 Å². The summed E-state index contributed by atoms with van der Waals surface area (Å²) in [5.41, 5.74) is -0.320. The molecule has 102 valence electrons. The van der Waals surface area contributed by atoms with Crippen molar-refractivity contribution in [2.45, 2.75) is 13.1 Å². The molecule has 0 spiro atoms. The number of benzene rings is 1. The molecule has 0 atom stereocenters.